The molecule has 1 heterocycles. The number of hydrogen-bond donors (Lipinski definition) is 3. The Labute approximate surface area is 183 Å². The molecule has 0 aliphatic heterocycles. The largest absolute Gasteiger partial charge is 0.497 e. The Bertz CT molecular complexity index is 936. The lowest BCUT2D eigenvalue weighted by atomic mass is 10.2. The molecule has 0 fully saturated rings. The minimum Gasteiger partial charge on any atom is -0.497 e. The van der Waals surface area contributed by atoms with Gasteiger partial charge in [0.1, 0.15) is 23.1 Å². The van der Waals surface area contributed by atoms with Crippen molar-refractivity contribution in [2.75, 3.05) is 17.9 Å². The van der Waals surface area contributed by atoms with Crippen molar-refractivity contribution in [1.82, 2.24) is 9.99 Å². The summed E-state index contributed by atoms with van der Waals surface area (Å²) in [6.45, 7) is 6.68. The van der Waals surface area contributed by atoms with E-state index in [1.807, 2.05) is 0 Å². The van der Waals surface area contributed by atoms with Crippen molar-refractivity contribution in [2.45, 2.75) is 39.3 Å². The molecule has 1 aromatic carbocycles. The molecule has 0 bridgehead atoms. The van der Waals surface area contributed by atoms with Crippen molar-refractivity contribution in [1.29, 1.82) is 0 Å². The van der Waals surface area contributed by atoms with Gasteiger partial charge in [-0.05, 0) is 61.8 Å². The van der Waals surface area contributed by atoms with E-state index in [2.05, 4.69) is 32.0 Å². The summed E-state index contributed by atoms with van der Waals surface area (Å²) in [5.41, 5.74) is 2.61. The summed E-state index contributed by atoms with van der Waals surface area (Å²) >= 11 is 3.31. The van der Waals surface area contributed by atoms with E-state index in [-0.39, 0.29) is 5.69 Å². The van der Waals surface area contributed by atoms with Crippen LogP contribution in [0.4, 0.5) is 10.5 Å². The Balaban J connectivity index is 2.08. The lowest BCUT2D eigenvalue weighted by molar-refractivity contribution is -0.118. The number of nitrogens with zero attached hydrogens (tertiary/aromatic N) is 1. The first kappa shape index (κ1) is 23.3. The van der Waals surface area contributed by atoms with Gasteiger partial charge in [-0.2, -0.15) is 0 Å². The van der Waals surface area contributed by atoms with Crippen LogP contribution in [0.15, 0.2) is 41.0 Å². The summed E-state index contributed by atoms with van der Waals surface area (Å²) in [5, 5.41) is 5.20. The second-order valence-corrected chi connectivity index (χ2v) is 8.27. The van der Waals surface area contributed by atoms with Crippen LogP contribution in [0.3, 0.4) is 0 Å². The number of aromatic nitrogens is 1. The first-order chi connectivity index (χ1) is 14.0. The Morgan fingerprint density at radius 1 is 1.17 bits per heavy atom. The summed E-state index contributed by atoms with van der Waals surface area (Å²) in [4.78, 5) is 37.1. The van der Waals surface area contributed by atoms with E-state index < -0.39 is 29.6 Å². The van der Waals surface area contributed by atoms with Gasteiger partial charge in [0.25, 0.3) is 11.8 Å². The molecule has 0 spiro atoms. The molecule has 0 radical (unpaired) electrons. The zero-order valence-electron chi connectivity index (χ0n) is 17.4. The molecule has 0 unspecified atom stereocenters. The van der Waals surface area contributed by atoms with Gasteiger partial charge < -0.3 is 20.1 Å². The van der Waals surface area contributed by atoms with Crippen LogP contribution < -0.4 is 20.8 Å². The quantitative estimate of drug-likeness (QED) is 0.585. The lowest BCUT2D eigenvalue weighted by Crippen LogP contribution is -2.46. The summed E-state index contributed by atoms with van der Waals surface area (Å²) in [5.74, 6) is -0.384. The Kier molecular flexibility index (Phi) is 7.49. The van der Waals surface area contributed by atoms with Crippen LogP contribution in [0.2, 0.25) is 0 Å². The fraction of sp³-hybridized carbons (Fsp3) is 0.350. The van der Waals surface area contributed by atoms with E-state index in [0.717, 1.165) is 0 Å². The first-order valence-electron chi connectivity index (χ1n) is 9.13. The standard InChI is InChI=1S/C20H25BrN4O5/c1-12(22-19(28)30-20(2,3)4)17(26)24-25-10-9-15(21)16(25)18(27)23-13-7-6-8-14(11-13)29-5/h6-12H,1-5H3,(H,22,28)(H,23,27)(H,24,26)/t12-/m0/s1. The number of rotatable bonds is 6. The molecule has 162 valence electrons. The van der Waals surface area contributed by atoms with Crippen LogP contribution in [0, 0.1) is 0 Å². The molecule has 0 saturated heterocycles. The van der Waals surface area contributed by atoms with Crippen molar-refractivity contribution in [3.05, 3.63) is 46.7 Å². The molecule has 1 aromatic heterocycles. The van der Waals surface area contributed by atoms with Gasteiger partial charge in [-0.25, -0.2) is 4.79 Å². The van der Waals surface area contributed by atoms with E-state index in [1.165, 1.54) is 24.9 Å². The van der Waals surface area contributed by atoms with Gasteiger partial charge in [-0.1, -0.05) is 6.07 Å². The maximum absolute atomic E-state index is 12.8. The van der Waals surface area contributed by atoms with Gasteiger partial charge in [0.15, 0.2) is 0 Å². The first-order valence-corrected chi connectivity index (χ1v) is 9.92. The molecule has 0 aliphatic carbocycles. The highest BCUT2D eigenvalue weighted by molar-refractivity contribution is 9.10. The number of carbonyl (C=O) groups is 3. The minimum atomic E-state index is -0.893. The van der Waals surface area contributed by atoms with E-state index in [4.69, 9.17) is 9.47 Å². The highest BCUT2D eigenvalue weighted by Crippen LogP contribution is 2.21. The molecule has 3 amide bonds. The number of hydrogen-bond acceptors (Lipinski definition) is 5. The van der Waals surface area contributed by atoms with Crippen LogP contribution in [-0.2, 0) is 9.53 Å². The number of ether oxygens (including phenoxy) is 2. The van der Waals surface area contributed by atoms with Crippen LogP contribution in [0.5, 0.6) is 5.75 Å². The highest BCUT2D eigenvalue weighted by Gasteiger charge is 2.23. The average Bonchev–Trinajstić information content (AvgIpc) is 3.00. The second kappa shape index (κ2) is 9.66. The number of anilines is 1. The van der Waals surface area contributed by atoms with Crippen LogP contribution >= 0.6 is 15.9 Å². The molecule has 2 aromatic rings. The molecular formula is C20H25BrN4O5. The van der Waals surface area contributed by atoms with Crippen molar-refractivity contribution >= 4 is 39.5 Å². The maximum Gasteiger partial charge on any atom is 0.408 e. The Morgan fingerprint density at radius 3 is 2.50 bits per heavy atom. The molecule has 30 heavy (non-hydrogen) atoms. The molecule has 1 atom stereocenters. The number of carbonyl (C=O) groups excluding carboxylic acids is 3. The number of amides is 3. The van der Waals surface area contributed by atoms with Gasteiger partial charge in [-0.15, -0.1) is 0 Å². The number of halogens is 1. The SMILES string of the molecule is COc1cccc(NC(=O)c2c(Br)ccn2NC(=O)[C@H](C)NC(=O)OC(C)(C)C)c1. The number of benzene rings is 1. The van der Waals surface area contributed by atoms with Gasteiger partial charge in [0, 0.05) is 18.0 Å². The summed E-state index contributed by atoms with van der Waals surface area (Å²) < 4.78 is 12.0. The molecule has 10 heteroatoms. The molecule has 2 rings (SSSR count). The lowest BCUT2D eigenvalue weighted by Gasteiger charge is -2.22. The fourth-order valence-electron chi connectivity index (χ4n) is 2.38. The van der Waals surface area contributed by atoms with Gasteiger partial charge in [0.05, 0.1) is 11.6 Å². The summed E-state index contributed by atoms with van der Waals surface area (Å²) in [6, 6.07) is 7.61. The minimum absolute atomic E-state index is 0.177. The van der Waals surface area contributed by atoms with Crippen LogP contribution in [-0.4, -0.2) is 41.3 Å². The smallest absolute Gasteiger partial charge is 0.408 e. The number of alkyl carbamates (subject to hydrolysis) is 1. The van der Waals surface area contributed by atoms with E-state index >= 15 is 0 Å². The average molecular weight is 481 g/mol. The molecule has 3 N–H and O–H groups in total. The molecule has 9 nitrogen and oxygen atoms in total. The highest BCUT2D eigenvalue weighted by atomic mass is 79.9. The Hall–Kier alpha value is -3.01. The Morgan fingerprint density at radius 2 is 1.87 bits per heavy atom. The number of nitrogens with one attached hydrogen (secondary N) is 3. The van der Waals surface area contributed by atoms with Crippen molar-refractivity contribution in [2.24, 2.45) is 0 Å². The van der Waals surface area contributed by atoms with Crippen LogP contribution in [0.25, 0.3) is 0 Å². The second-order valence-electron chi connectivity index (χ2n) is 7.41. The molecule has 0 aliphatic rings. The van der Waals surface area contributed by atoms with Crippen molar-refractivity contribution in [3.63, 3.8) is 0 Å². The topological polar surface area (TPSA) is 111 Å². The van der Waals surface area contributed by atoms with E-state index in [9.17, 15) is 14.4 Å². The number of methoxy groups -OCH3 is 1. The third-order valence-electron chi connectivity index (χ3n) is 3.74. The third-order valence-corrected chi connectivity index (χ3v) is 4.38. The monoisotopic (exact) mass is 480 g/mol. The zero-order valence-corrected chi connectivity index (χ0v) is 19.0. The van der Waals surface area contributed by atoms with Gasteiger partial charge in [0.2, 0.25) is 0 Å². The summed E-state index contributed by atoms with van der Waals surface area (Å²) in [7, 11) is 1.53. The van der Waals surface area contributed by atoms with Crippen molar-refractivity contribution < 1.29 is 23.9 Å². The van der Waals surface area contributed by atoms with Crippen molar-refractivity contribution in [3.8, 4) is 5.75 Å². The summed E-state index contributed by atoms with van der Waals surface area (Å²) in [6.07, 6.45) is 0.803. The predicted octanol–water partition coefficient (Wildman–Crippen LogP) is 3.49. The van der Waals surface area contributed by atoms with Gasteiger partial charge >= 0.3 is 6.09 Å². The normalized spacial score (nSPS) is 11.9. The third kappa shape index (κ3) is 6.51. The van der Waals surface area contributed by atoms with E-state index in [1.54, 1.807) is 51.1 Å². The fourth-order valence-corrected chi connectivity index (χ4v) is 2.87. The zero-order chi connectivity index (χ0) is 22.5. The predicted molar refractivity (Wildman–Crippen MR) is 116 cm³/mol. The molecular weight excluding hydrogens is 456 g/mol. The van der Waals surface area contributed by atoms with Gasteiger partial charge in [-0.3, -0.25) is 19.7 Å². The van der Waals surface area contributed by atoms with Crippen LogP contribution in [0.1, 0.15) is 38.2 Å². The van der Waals surface area contributed by atoms with E-state index in [0.29, 0.717) is 15.9 Å². The molecule has 0 saturated carbocycles. The maximum atomic E-state index is 12.8.